The summed E-state index contributed by atoms with van der Waals surface area (Å²) in [6.45, 7) is 0.601. The van der Waals surface area contributed by atoms with E-state index in [1.54, 1.807) is 19.2 Å². The fourth-order valence-electron chi connectivity index (χ4n) is 1.09. The molecule has 0 aromatic heterocycles. The summed E-state index contributed by atoms with van der Waals surface area (Å²) in [7, 11) is 3.42. The molecule has 13 heavy (non-hydrogen) atoms. The van der Waals surface area contributed by atoms with Gasteiger partial charge in [-0.15, -0.1) is 0 Å². The maximum absolute atomic E-state index is 9.52. The van der Waals surface area contributed by atoms with Crippen LogP contribution in [0.2, 0.25) is 0 Å². The topological polar surface area (TPSA) is 41.5 Å². The zero-order chi connectivity index (χ0) is 9.84. The van der Waals surface area contributed by atoms with E-state index in [1.165, 1.54) is 0 Å². The van der Waals surface area contributed by atoms with Gasteiger partial charge in [-0.1, -0.05) is 0 Å². The maximum Gasteiger partial charge on any atom is 0.133 e. The molecule has 1 aromatic rings. The quantitative estimate of drug-likeness (QED) is 0.855. The number of phenols is 1. The van der Waals surface area contributed by atoms with Gasteiger partial charge in [-0.05, 0) is 35.1 Å². The van der Waals surface area contributed by atoms with Gasteiger partial charge in [0.25, 0.3) is 0 Å². The highest BCUT2D eigenvalue weighted by Gasteiger charge is 2.09. The molecular formula is C9H12BrNO2. The van der Waals surface area contributed by atoms with Crippen molar-refractivity contribution in [2.75, 3.05) is 14.2 Å². The van der Waals surface area contributed by atoms with E-state index in [9.17, 15) is 5.11 Å². The first-order valence-electron chi connectivity index (χ1n) is 3.89. The summed E-state index contributed by atoms with van der Waals surface area (Å²) in [4.78, 5) is 0. The Balaban J connectivity index is 3.13. The molecule has 0 spiro atoms. The van der Waals surface area contributed by atoms with Gasteiger partial charge in [0, 0.05) is 12.1 Å². The molecule has 0 amide bonds. The summed E-state index contributed by atoms with van der Waals surface area (Å²) >= 11 is 3.37. The molecule has 0 heterocycles. The number of ether oxygens (including phenoxy) is 1. The molecule has 0 bridgehead atoms. The van der Waals surface area contributed by atoms with E-state index in [-0.39, 0.29) is 5.75 Å². The fraction of sp³-hybridized carbons (Fsp3) is 0.333. The first-order chi connectivity index (χ1) is 6.20. The molecule has 0 aliphatic rings. The molecule has 72 valence electrons. The number of benzene rings is 1. The third-order valence-electron chi connectivity index (χ3n) is 1.76. The van der Waals surface area contributed by atoms with Crippen LogP contribution in [0.3, 0.4) is 0 Å². The average molecular weight is 246 g/mol. The number of hydrogen-bond acceptors (Lipinski definition) is 3. The van der Waals surface area contributed by atoms with Crippen LogP contribution in [0.25, 0.3) is 0 Å². The second kappa shape index (κ2) is 4.48. The van der Waals surface area contributed by atoms with Crippen molar-refractivity contribution in [3.05, 3.63) is 22.2 Å². The van der Waals surface area contributed by atoms with Crippen molar-refractivity contribution in [3.63, 3.8) is 0 Å². The summed E-state index contributed by atoms with van der Waals surface area (Å²) in [5.41, 5.74) is 0.807. The largest absolute Gasteiger partial charge is 0.508 e. The van der Waals surface area contributed by atoms with Gasteiger partial charge in [0.05, 0.1) is 11.6 Å². The van der Waals surface area contributed by atoms with Crippen LogP contribution in [0, 0.1) is 0 Å². The Kier molecular flexibility index (Phi) is 3.57. The maximum atomic E-state index is 9.52. The molecule has 1 rings (SSSR count). The van der Waals surface area contributed by atoms with Gasteiger partial charge in [0.15, 0.2) is 0 Å². The number of nitrogens with one attached hydrogen (secondary N) is 1. The number of aromatic hydroxyl groups is 1. The summed E-state index contributed by atoms with van der Waals surface area (Å²) in [6, 6.07) is 3.34. The Morgan fingerprint density at radius 1 is 1.54 bits per heavy atom. The fourth-order valence-corrected chi connectivity index (χ4v) is 1.73. The number of phenolic OH excluding ortho intramolecular Hbond substituents is 1. The lowest BCUT2D eigenvalue weighted by atomic mass is 10.2. The van der Waals surface area contributed by atoms with Crippen molar-refractivity contribution >= 4 is 15.9 Å². The third-order valence-corrected chi connectivity index (χ3v) is 2.63. The number of hydrogen-bond donors (Lipinski definition) is 2. The molecule has 0 saturated heterocycles. The van der Waals surface area contributed by atoms with Crippen molar-refractivity contribution in [2.45, 2.75) is 6.54 Å². The molecule has 1 aromatic carbocycles. The zero-order valence-electron chi connectivity index (χ0n) is 7.60. The normalized spacial score (nSPS) is 10.1. The van der Waals surface area contributed by atoms with Crippen molar-refractivity contribution in [1.29, 1.82) is 0 Å². The first kappa shape index (κ1) is 10.3. The second-order valence-corrected chi connectivity index (χ2v) is 3.40. The van der Waals surface area contributed by atoms with Crippen molar-refractivity contribution < 1.29 is 9.84 Å². The lowest BCUT2D eigenvalue weighted by Gasteiger charge is -2.10. The molecule has 0 radical (unpaired) electrons. The average Bonchev–Trinajstić information content (AvgIpc) is 2.12. The van der Waals surface area contributed by atoms with E-state index in [1.807, 2.05) is 7.05 Å². The molecular weight excluding hydrogens is 234 g/mol. The predicted molar refractivity (Wildman–Crippen MR) is 55.1 cm³/mol. The van der Waals surface area contributed by atoms with Crippen molar-refractivity contribution in [2.24, 2.45) is 0 Å². The molecule has 0 atom stereocenters. The van der Waals surface area contributed by atoms with E-state index >= 15 is 0 Å². The first-order valence-corrected chi connectivity index (χ1v) is 4.69. The highest BCUT2D eigenvalue weighted by Crippen LogP contribution is 2.34. The highest BCUT2D eigenvalue weighted by molar-refractivity contribution is 9.10. The van der Waals surface area contributed by atoms with Crippen LogP contribution in [0.15, 0.2) is 16.6 Å². The highest BCUT2D eigenvalue weighted by atomic mass is 79.9. The van der Waals surface area contributed by atoms with Crippen molar-refractivity contribution in [3.8, 4) is 11.5 Å². The van der Waals surface area contributed by atoms with Crippen LogP contribution in [0.4, 0.5) is 0 Å². The van der Waals surface area contributed by atoms with Crippen LogP contribution in [0.1, 0.15) is 5.56 Å². The second-order valence-electron chi connectivity index (χ2n) is 2.61. The van der Waals surface area contributed by atoms with E-state index < -0.39 is 0 Å². The van der Waals surface area contributed by atoms with E-state index in [0.29, 0.717) is 6.54 Å². The zero-order valence-corrected chi connectivity index (χ0v) is 9.18. The smallest absolute Gasteiger partial charge is 0.133 e. The summed E-state index contributed by atoms with van der Waals surface area (Å²) in [5.74, 6) is 0.991. The molecule has 2 N–H and O–H groups in total. The minimum absolute atomic E-state index is 0.266. The molecule has 0 saturated carbocycles. The van der Waals surface area contributed by atoms with Crippen LogP contribution in [-0.4, -0.2) is 19.3 Å². The molecule has 0 aliphatic carbocycles. The van der Waals surface area contributed by atoms with Gasteiger partial charge < -0.3 is 15.2 Å². The van der Waals surface area contributed by atoms with Crippen LogP contribution in [-0.2, 0) is 6.54 Å². The standard InChI is InChI=1S/C9H12BrNO2/c1-11-5-6-7(12)3-4-8(13-2)9(6)10/h3-4,11-12H,5H2,1-2H3. The van der Waals surface area contributed by atoms with Crippen molar-refractivity contribution in [1.82, 2.24) is 5.32 Å². The Labute approximate surface area is 85.9 Å². The Morgan fingerprint density at radius 2 is 2.23 bits per heavy atom. The Hall–Kier alpha value is -0.740. The number of rotatable bonds is 3. The lowest BCUT2D eigenvalue weighted by molar-refractivity contribution is 0.407. The van der Waals surface area contributed by atoms with Crippen LogP contribution >= 0.6 is 15.9 Å². The molecule has 0 fully saturated rings. The summed E-state index contributed by atoms with van der Waals surface area (Å²) < 4.78 is 5.90. The molecule has 3 nitrogen and oxygen atoms in total. The van der Waals surface area contributed by atoms with Crippen LogP contribution < -0.4 is 10.1 Å². The van der Waals surface area contributed by atoms with E-state index in [4.69, 9.17) is 4.74 Å². The monoisotopic (exact) mass is 245 g/mol. The van der Waals surface area contributed by atoms with E-state index in [0.717, 1.165) is 15.8 Å². The molecule has 0 unspecified atom stereocenters. The molecule has 0 aliphatic heterocycles. The summed E-state index contributed by atoms with van der Waals surface area (Å²) in [5, 5.41) is 12.5. The van der Waals surface area contributed by atoms with Gasteiger partial charge >= 0.3 is 0 Å². The SMILES string of the molecule is CNCc1c(O)ccc(OC)c1Br. The van der Waals surface area contributed by atoms with Crippen LogP contribution in [0.5, 0.6) is 11.5 Å². The minimum atomic E-state index is 0.266. The third kappa shape index (κ3) is 2.14. The molecule has 4 heteroatoms. The lowest BCUT2D eigenvalue weighted by Crippen LogP contribution is -2.06. The minimum Gasteiger partial charge on any atom is -0.508 e. The number of methoxy groups -OCH3 is 1. The summed E-state index contributed by atoms with van der Waals surface area (Å²) in [6.07, 6.45) is 0. The van der Waals surface area contributed by atoms with Gasteiger partial charge in [-0.25, -0.2) is 0 Å². The Morgan fingerprint density at radius 3 is 2.77 bits per heavy atom. The number of halogens is 1. The van der Waals surface area contributed by atoms with Gasteiger partial charge in [-0.2, -0.15) is 0 Å². The Bertz CT molecular complexity index is 302. The van der Waals surface area contributed by atoms with Gasteiger partial charge in [0.2, 0.25) is 0 Å². The van der Waals surface area contributed by atoms with Gasteiger partial charge in [0.1, 0.15) is 11.5 Å². The predicted octanol–water partition coefficient (Wildman–Crippen LogP) is 1.88. The van der Waals surface area contributed by atoms with E-state index in [2.05, 4.69) is 21.2 Å². The van der Waals surface area contributed by atoms with Gasteiger partial charge in [-0.3, -0.25) is 0 Å².